The van der Waals surface area contributed by atoms with Crippen LogP contribution in [0.5, 0.6) is 0 Å². The van der Waals surface area contributed by atoms with Gasteiger partial charge in [0, 0.05) is 0 Å². The van der Waals surface area contributed by atoms with E-state index in [1.165, 1.54) is 25.1 Å². The van der Waals surface area contributed by atoms with Gasteiger partial charge in [-0.05, 0) is 18.6 Å². The van der Waals surface area contributed by atoms with Crippen molar-refractivity contribution in [2.45, 2.75) is 19.1 Å². The monoisotopic (exact) mass is 241 g/mol. The Morgan fingerprint density at radius 2 is 1.80 bits per heavy atom. The zero-order valence-corrected chi connectivity index (χ0v) is 8.69. The SMILES string of the molecule is CC(NO)c1ccccc1C(F)(F)F.Cl. The van der Waals surface area contributed by atoms with Gasteiger partial charge < -0.3 is 5.21 Å². The molecular formula is C9H11ClF3NO. The van der Waals surface area contributed by atoms with Crippen LogP contribution in [0, 0.1) is 0 Å². The molecule has 1 aromatic carbocycles. The summed E-state index contributed by atoms with van der Waals surface area (Å²) >= 11 is 0. The molecule has 0 aliphatic heterocycles. The molecule has 1 unspecified atom stereocenters. The molecule has 0 aromatic heterocycles. The van der Waals surface area contributed by atoms with Crippen LogP contribution in [0.15, 0.2) is 24.3 Å². The van der Waals surface area contributed by atoms with Crippen LogP contribution in [-0.2, 0) is 6.18 Å². The first kappa shape index (κ1) is 14.2. The van der Waals surface area contributed by atoms with E-state index in [0.29, 0.717) is 0 Å². The Kier molecular flexibility index (Phi) is 5.07. The number of halogens is 4. The van der Waals surface area contributed by atoms with E-state index in [1.54, 1.807) is 5.48 Å². The van der Waals surface area contributed by atoms with Crippen LogP contribution in [0.1, 0.15) is 24.1 Å². The van der Waals surface area contributed by atoms with E-state index in [2.05, 4.69) is 0 Å². The van der Waals surface area contributed by atoms with Gasteiger partial charge in [0.1, 0.15) is 0 Å². The molecule has 86 valence electrons. The first-order valence-corrected chi connectivity index (χ1v) is 4.02. The summed E-state index contributed by atoms with van der Waals surface area (Å²) in [6.07, 6.45) is -4.39. The average Bonchev–Trinajstić information content (AvgIpc) is 2.15. The van der Waals surface area contributed by atoms with Crippen molar-refractivity contribution in [3.05, 3.63) is 35.4 Å². The number of nitrogens with one attached hydrogen (secondary N) is 1. The third-order valence-electron chi connectivity index (χ3n) is 1.93. The zero-order valence-electron chi connectivity index (χ0n) is 7.88. The molecule has 1 aromatic rings. The second-order valence-electron chi connectivity index (χ2n) is 2.94. The summed E-state index contributed by atoms with van der Waals surface area (Å²) in [4.78, 5) is 0. The molecule has 2 nitrogen and oxygen atoms in total. The number of alkyl halides is 3. The summed E-state index contributed by atoms with van der Waals surface area (Å²) in [5, 5.41) is 8.56. The maximum Gasteiger partial charge on any atom is 0.416 e. The smallest absolute Gasteiger partial charge is 0.316 e. The lowest BCUT2D eigenvalue weighted by Gasteiger charge is -2.16. The van der Waals surface area contributed by atoms with Gasteiger partial charge in [-0.3, -0.25) is 0 Å². The third kappa shape index (κ3) is 3.37. The maximum atomic E-state index is 12.4. The third-order valence-corrected chi connectivity index (χ3v) is 1.93. The minimum absolute atomic E-state index is 0. The number of hydroxylamine groups is 1. The van der Waals surface area contributed by atoms with Crippen molar-refractivity contribution in [1.82, 2.24) is 5.48 Å². The topological polar surface area (TPSA) is 32.3 Å². The minimum atomic E-state index is -4.39. The summed E-state index contributed by atoms with van der Waals surface area (Å²) in [6.45, 7) is 1.45. The Morgan fingerprint density at radius 3 is 2.27 bits per heavy atom. The van der Waals surface area contributed by atoms with Gasteiger partial charge >= 0.3 is 6.18 Å². The fourth-order valence-corrected chi connectivity index (χ4v) is 1.20. The zero-order chi connectivity index (χ0) is 10.8. The molecule has 2 N–H and O–H groups in total. The van der Waals surface area contributed by atoms with Crippen LogP contribution >= 0.6 is 12.4 Å². The van der Waals surface area contributed by atoms with Gasteiger partial charge in [-0.25, -0.2) is 0 Å². The van der Waals surface area contributed by atoms with Gasteiger partial charge in [0.2, 0.25) is 0 Å². The molecule has 0 saturated heterocycles. The number of benzene rings is 1. The van der Waals surface area contributed by atoms with Gasteiger partial charge in [0.15, 0.2) is 0 Å². The predicted octanol–water partition coefficient (Wildman–Crippen LogP) is 3.17. The highest BCUT2D eigenvalue weighted by atomic mass is 35.5. The lowest BCUT2D eigenvalue weighted by Crippen LogP contribution is -2.18. The van der Waals surface area contributed by atoms with E-state index < -0.39 is 17.8 Å². The highest BCUT2D eigenvalue weighted by molar-refractivity contribution is 5.85. The first-order valence-electron chi connectivity index (χ1n) is 4.02. The predicted molar refractivity (Wildman–Crippen MR) is 52.0 cm³/mol. The highest BCUT2D eigenvalue weighted by Gasteiger charge is 2.33. The number of hydrogen-bond donors (Lipinski definition) is 2. The summed E-state index contributed by atoms with van der Waals surface area (Å²) in [5.74, 6) is 0. The van der Waals surface area contributed by atoms with Gasteiger partial charge in [0.25, 0.3) is 0 Å². The maximum absolute atomic E-state index is 12.4. The minimum Gasteiger partial charge on any atom is -0.316 e. The van der Waals surface area contributed by atoms with Crippen molar-refractivity contribution in [3.63, 3.8) is 0 Å². The average molecular weight is 242 g/mol. The number of hydrogen-bond acceptors (Lipinski definition) is 2. The van der Waals surface area contributed by atoms with Crippen LogP contribution in [0.2, 0.25) is 0 Å². The Balaban J connectivity index is 0.00000196. The van der Waals surface area contributed by atoms with Gasteiger partial charge in [-0.1, -0.05) is 18.2 Å². The Bertz CT molecular complexity index is 316. The molecule has 0 saturated carbocycles. The Labute approximate surface area is 91.5 Å². The summed E-state index contributed by atoms with van der Waals surface area (Å²) < 4.78 is 37.3. The molecule has 0 fully saturated rings. The van der Waals surface area contributed by atoms with Gasteiger partial charge in [-0.15, -0.1) is 12.4 Å². The van der Waals surface area contributed by atoms with Crippen molar-refractivity contribution in [2.24, 2.45) is 0 Å². The Hall–Kier alpha value is -0.780. The van der Waals surface area contributed by atoms with E-state index in [4.69, 9.17) is 5.21 Å². The van der Waals surface area contributed by atoms with E-state index in [9.17, 15) is 13.2 Å². The van der Waals surface area contributed by atoms with Crippen molar-refractivity contribution >= 4 is 12.4 Å². The van der Waals surface area contributed by atoms with E-state index >= 15 is 0 Å². The lowest BCUT2D eigenvalue weighted by molar-refractivity contribution is -0.138. The normalized spacial score (nSPS) is 13.1. The van der Waals surface area contributed by atoms with Crippen LogP contribution in [0.25, 0.3) is 0 Å². The molecule has 0 spiro atoms. The van der Waals surface area contributed by atoms with Crippen LogP contribution in [0.3, 0.4) is 0 Å². The van der Waals surface area contributed by atoms with E-state index in [0.717, 1.165) is 6.07 Å². The second kappa shape index (κ2) is 5.34. The molecule has 0 bridgehead atoms. The lowest BCUT2D eigenvalue weighted by atomic mass is 10.0. The summed E-state index contributed by atoms with van der Waals surface area (Å²) in [6, 6.07) is 4.39. The molecule has 1 atom stereocenters. The standard InChI is InChI=1S/C9H10F3NO.ClH/c1-6(13-14)7-4-2-3-5-8(7)9(10,11)12;/h2-6,13-14H,1H3;1H. The van der Waals surface area contributed by atoms with Gasteiger partial charge in [0.05, 0.1) is 11.6 Å². The van der Waals surface area contributed by atoms with Crippen molar-refractivity contribution < 1.29 is 18.4 Å². The largest absolute Gasteiger partial charge is 0.416 e. The van der Waals surface area contributed by atoms with Crippen LogP contribution in [-0.4, -0.2) is 5.21 Å². The number of rotatable bonds is 2. The molecular weight excluding hydrogens is 231 g/mol. The fourth-order valence-electron chi connectivity index (χ4n) is 1.20. The van der Waals surface area contributed by atoms with E-state index in [1.807, 2.05) is 0 Å². The van der Waals surface area contributed by atoms with Crippen molar-refractivity contribution in [2.75, 3.05) is 0 Å². The summed E-state index contributed by atoms with van der Waals surface area (Å²) in [7, 11) is 0. The molecule has 6 heteroatoms. The molecule has 0 aliphatic carbocycles. The molecule has 15 heavy (non-hydrogen) atoms. The fraction of sp³-hybridized carbons (Fsp3) is 0.333. The van der Waals surface area contributed by atoms with E-state index in [-0.39, 0.29) is 18.0 Å². The molecule has 0 radical (unpaired) electrons. The molecule has 0 amide bonds. The van der Waals surface area contributed by atoms with Crippen LogP contribution < -0.4 is 5.48 Å². The van der Waals surface area contributed by atoms with Crippen molar-refractivity contribution in [1.29, 1.82) is 0 Å². The Morgan fingerprint density at radius 1 is 1.27 bits per heavy atom. The van der Waals surface area contributed by atoms with Gasteiger partial charge in [-0.2, -0.15) is 18.7 Å². The molecule has 0 aliphatic rings. The van der Waals surface area contributed by atoms with Crippen LogP contribution in [0.4, 0.5) is 13.2 Å². The highest BCUT2D eigenvalue weighted by Crippen LogP contribution is 2.34. The van der Waals surface area contributed by atoms with Crippen molar-refractivity contribution in [3.8, 4) is 0 Å². The first-order chi connectivity index (χ1) is 6.46. The summed E-state index contributed by atoms with van der Waals surface area (Å²) in [5.41, 5.74) is 1.10. The molecule has 0 heterocycles. The second-order valence-corrected chi connectivity index (χ2v) is 2.94. The quantitative estimate of drug-likeness (QED) is 0.780. The molecule has 1 rings (SSSR count).